The van der Waals surface area contributed by atoms with Crippen LogP contribution in [-0.4, -0.2) is 72.3 Å². The van der Waals surface area contributed by atoms with Crippen LogP contribution >= 0.6 is 0 Å². The Labute approximate surface area is 295 Å². The number of esters is 1. The second-order valence-electron chi connectivity index (χ2n) is 12.2. The van der Waals surface area contributed by atoms with Gasteiger partial charge < -0.3 is 24.4 Å². The molecule has 264 valence electrons. The molecule has 1 fully saturated rings. The maximum absolute atomic E-state index is 13.6. The summed E-state index contributed by atoms with van der Waals surface area (Å²) in [6.07, 6.45) is 14.4. The number of nitrogens with zero attached hydrogens (tertiary/aromatic N) is 3. The van der Waals surface area contributed by atoms with Gasteiger partial charge in [-0.3, -0.25) is 9.59 Å². The Morgan fingerprint density at radius 1 is 0.960 bits per heavy atom. The van der Waals surface area contributed by atoms with Gasteiger partial charge in [0.1, 0.15) is 18.4 Å². The third kappa shape index (κ3) is 11.1. The molecular formula is C40H48N4O6. The fourth-order valence-electron chi connectivity index (χ4n) is 5.69. The molecule has 0 aliphatic carbocycles. The van der Waals surface area contributed by atoms with Crippen LogP contribution in [0.3, 0.4) is 0 Å². The summed E-state index contributed by atoms with van der Waals surface area (Å²) in [6.45, 7) is 10.9. The molecule has 1 N–H and O–H groups in total. The average Bonchev–Trinajstić information content (AvgIpc) is 3.65. The Bertz CT molecular complexity index is 1600. The van der Waals surface area contributed by atoms with Crippen LogP contribution in [0.2, 0.25) is 0 Å². The second kappa shape index (κ2) is 19.7. The van der Waals surface area contributed by atoms with Crippen molar-refractivity contribution in [2.24, 2.45) is 5.92 Å². The molecule has 0 radical (unpaired) electrons. The van der Waals surface area contributed by atoms with Crippen molar-refractivity contribution in [3.63, 3.8) is 0 Å². The molecule has 0 spiro atoms. The highest BCUT2D eigenvalue weighted by atomic mass is 16.5. The average molecular weight is 681 g/mol. The normalized spacial score (nSPS) is 14.8. The second-order valence-corrected chi connectivity index (χ2v) is 12.2. The van der Waals surface area contributed by atoms with E-state index < -0.39 is 18.1 Å². The molecule has 1 aliphatic rings. The third-order valence-electron chi connectivity index (χ3n) is 8.60. The lowest BCUT2D eigenvalue weighted by Crippen LogP contribution is -2.49. The van der Waals surface area contributed by atoms with Gasteiger partial charge in [0, 0.05) is 43.0 Å². The number of likely N-dealkylation sites (tertiary alicyclic amines) is 1. The third-order valence-corrected chi connectivity index (χ3v) is 8.60. The molecule has 2 aromatic carbocycles. The summed E-state index contributed by atoms with van der Waals surface area (Å²) in [4.78, 5) is 49.3. The topological polar surface area (TPSA) is 120 Å². The number of carbonyl (C=O) groups excluding carboxylic acids is 3. The van der Waals surface area contributed by atoms with Crippen LogP contribution < -0.4 is 10.1 Å². The molecule has 4 rings (SSSR count). The highest BCUT2D eigenvalue weighted by Crippen LogP contribution is 2.24. The van der Waals surface area contributed by atoms with E-state index in [2.05, 4.69) is 35.4 Å². The first-order valence-corrected chi connectivity index (χ1v) is 17.2. The fourth-order valence-corrected chi connectivity index (χ4v) is 5.69. The number of alkyl carbamates (subject to hydrolysis) is 1. The Balaban J connectivity index is 1.39. The van der Waals surface area contributed by atoms with Gasteiger partial charge in [0.15, 0.2) is 5.82 Å². The molecule has 1 saturated heterocycles. The van der Waals surface area contributed by atoms with E-state index in [0.29, 0.717) is 24.4 Å². The van der Waals surface area contributed by atoms with Crippen LogP contribution in [0.4, 0.5) is 4.79 Å². The molecule has 0 saturated carbocycles. The van der Waals surface area contributed by atoms with E-state index in [9.17, 15) is 14.4 Å². The van der Waals surface area contributed by atoms with Crippen LogP contribution in [0, 0.1) is 5.92 Å². The van der Waals surface area contributed by atoms with E-state index in [0.717, 1.165) is 41.0 Å². The lowest BCUT2D eigenvalue weighted by molar-refractivity contribution is -0.145. The highest BCUT2D eigenvalue weighted by molar-refractivity contribution is 5.87. The number of rotatable bonds is 18. The first-order chi connectivity index (χ1) is 24.3. The van der Waals surface area contributed by atoms with E-state index in [-0.39, 0.29) is 31.4 Å². The minimum Gasteiger partial charge on any atom is -0.494 e. The van der Waals surface area contributed by atoms with Crippen molar-refractivity contribution >= 4 is 18.0 Å². The van der Waals surface area contributed by atoms with Crippen molar-refractivity contribution in [2.45, 2.75) is 57.9 Å². The Morgan fingerprint density at radius 2 is 1.66 bits per heavy atom. The number of hydrogen-bond donors (Lipinski definition) is 1. The van der Waals surface area contributed by atoms with Gasteiger partial charge in [0.05, 0.1) is 19.6 Å². The predicted octanol–water partition coefficient (Wildman–Crippen LogP) is 7.12. The number of methoxy groups -OCH3 is 1. The van der Waals surface area contributed by atoms with Crippen molar-refractivity contribution in [3.8, 4) is 28.3 Å². The molecular weight excluding hydrogens is 632 g/mol. The zero-order chi connectivity index (χ0) is 35.7. The van der Waals surface area contributed by atoms with Crippen LogP contribution in [0.5, 0.6) is 5.75 Å². The number of hydrogen-bond acceptors (Lipinski definition) is 8. The summed E-state index contributed by atoms with van der Waals surface area (Å²) in [6, 6.07) is 14.6. The molecule has 10 heteroatoms. The quantitative estimate of drug-likeness (QED) is 0.0857. The number of ether oxygens (including phenoxy) is 3. The minimum absolute atomic E-state index is 0.0249. The van der Waals surface area contributed by atoms with E-state index >= 15 is 0 Å². The summed E-state index contributed by atoms with van der Waals surface area (Å²) in [5.41, 5.74) is 4.18. The van der Waals surface area contributed by atoms with Gasteiger partial charge in [-0.1, -0.05) is 100 Å². The fraction of sp³-hybridized carbons (Fsp3) is 0.375. The first kappa shape index (κ1) is 37.6. The highest BCUT2D eigenvalue weighted by Gasteiger charge is 2.35. The Hall–Kier alpha value is -5.25. The molecule has 0 unspecified atom stereocenters. The van der Waals surface area contributed by atoms with Gasteiger partial charge in [0.2, 0.25) is 5.91 Å². The van der Waals surface area contributed by atoms with Crippen molar-refractivity contribution in [1.29, 1.82) is 0 Å². The molecule has 2 heterocycles. The van der Waals surface area contributed by atoms with Gasteiger partial charge in [-0.15, -0.1) is 0 Å². The number of carbonyl (C=O) groups is 3. The molecule has 2 amide bonds. The summed E-state index contributed by atoms with van der Waals surface area (Å²) in [5, 5.41) is 2.72. The molecule has 1 aromatic heterocycles. The van der Waals surface area contributed by atoms with Gasteiger partial charge in [0.25, 0.3) is 0 Å². The monoisotopic (exact) mass is 680 g/mol. The van der Waals surface area contributed by atoms with Gasteiger partial charge in [-0.25, -0.2) is 14.8 Å². The smallest absolute Gasteiger partial charge is 0.408 e. The van der Waals surface area contributed by atoms with Crippen LogP contribution in [0.15, 0.2) is 97.9 Å². The molecule has 10 nitrogen and oxygen atoms in total. The summed E-state index contributed by atoms with van der Waals surface area (Å²) in [5.74, 6) is 0.362. The van der Waals surface area contributed by atoms with Crippen molar-refractivity contribution in [2.75, 3.05) is 33.4 Å². The Morgan fingerprint density at radius 3 is 2.32 bits per heavy atom. The summed E-state index contributed by atoms with van der Waals surface area (Å²) in [7, 11) is 1.33. The van der Waals surface area contributed by atoms with Crippen LogP contribution in [0.25, 0.3) is 22.5 Å². The number of aromatic nitrogens is 2. The predicted molar refractivity (Wildman–Crippen MR) is 194 cm³/mol. The molecule has 1 aliphatic heterocycles. The molecule has 3 aromatic rings. The zero-order valence-electron chi connectivity index (χ0n) is 29.1. The van der Waals surface area contributed by atoms with Gasteiger partial charge in [-0.2, -0.15) is 0 Å². The van der Waals surface area contributed by atoms with E-state index in [4.69, 9.17) is 14.2 Å². The lowest BCUT2D eigenvalue weighted by atomic mass is 10.0. The van der Waals surface area contributed by atoms with Crippen molar-refractivity contribution in [1.82, 2.24) is 20.2 Å². The summed E-state index contributed by atoms with van der Waals surface area (Å²) < 4.78 is 16.1. The number of benzene rings is 2. The van der Waals surface area contributed by atoms with E-state index in [1.165, 1.54) is 32.8 Å². The maximum Gasteiger partial charge on any atom is 0.408 e. The summed E-state index contributed by atoms with van der Waals surface area (Å²) >= 11 is 0. The van der Waals surface area contributed by atoms with Crippen molar-refractivity contribution < 1.29 is 28.6 Å². The number of allylic oxidation sites excluding steroid dienone is 2. The molecule has 50 heavy (non-hydrogen) atoms. The standard InChI is InChI=1S/C40H48N4O6/c1-5-8-9-10-11-23-49-35-19-17-31(18-20-35)34-25-41-37(42-26-34)32-15-13-30(14-16-32)24-36(43-40(47)50-28-29(7-3)12-6-2)38(45)44-22-21-33(27-44)39(46)48-4/h6-7,12-20,25-26,33,36H,2-3,5,8-11,21-24,27-28H2,1,4H3,(H,43,47)/b29-12+/t33-,36-/m0/s1. The van der Waals surface area contributed by atoms with Crippen molar-refractivity contribution in [3.05, 3.63) is 103 Å². The molecule has 0 bridgehead atoms. The minimum atomic E-state index is -0.918. The lowest BCUT2D eigenvalue weighted by Gasteiger charge is -2.24. The number of unbranched alkanes of at least 4 members (excludes halogenated alkanes) is 4. The number of amides is 2. The first-order valence-electron chi connectivity index (χ1n) is 17.2. The number of nitrogens with one attached hydrogen (secondary N) is 1. The van der Waals surface area contributed by atoms with E-state index in [1.807, 2.05) is 48.5 Å². The van der Waals surface area contributed by atoms with Crippen LogP contribution in [-0.2, 0) is 25.5 Å². The van der Waals surface area contributed by atoms with Gasteiger partial charge in [-0.05, 0) is 41.7 Å². The van der Waals surface area contributed by atoms with Gasteiger partial charge >= 0.3 is 12.1 Å². The molecule has 2 atom stereocenters. The largest absolute Gasteiger partial charge is 0.494 e. The maximum atomic E-state index is 13.6. The van der Waals surface area contributed by atoms with Crippen LogP contribution in [0.1, 0.15) is 51.0 Å². The Kier molecular flexibility index (Phi) is 14.8. The van der Waals surface area contributed by atoms with E-state index in [1.54, 1.807) is 35.5 Å². The zero-order valence-corrected chi connectivity index (χ0v) is 29.1. The SMILES string of the molecule is C=C/C=C(\C=C)COC(=O)N[C@@H](Cc1ccc(-c2ncc(-c3ccc(OCCCCCCC)cc3)cn2)cc1)C(=O)N1CC[C@H](C(=O)OC)C1.